The fraction of sp³-hybridized carbons (Fsp3) is 0.929. The number of likely N-dealkylation sites (tertiary alicyclic amines) is 1. The van der Waals surface area contributed by atoms with E-state index in [0.29, 0.717) is 6.54 Å². The van der Waals surface area contributed by atoms with Gasteiger partial charge >= 0.3 is 0 Å². The summed E-state index contributed by atoms with van der Waals surface area (Å²) in [7, 11) is -1.45. The highest BCUT2D eigenvalue weighted by Crippen LogP contribution is 2.26. The van der Waals surface area contributed by atoms with Crippen LogP contribution in [0.25, 0.3) is 0 Å². The number of nitrogens with one attached hydrogen (secondary N) is 1. The summed E-state index contributed by atoms with van der Waals surface area (Å²) in [6, 6.07) is 0.148. The molecule has 1 N–H and O–H groups in total. The lowest BCUT2D eigenvalue weighted by Crippen LogP contribution is -2.49. The quantitative estimate of drug-likeness (QED) is 0.842. The van der Waals surface area contributed by atoms with Crippen LogP contribution < -0.4 is 4.72 Å². The molecular weight excluding hydrogens is 316 g/mol. The highest BCUT2D eigenvalue weighted by Gasteiger charge is 2.35. The number of tetrazole rings is 1. The molecule has 8 nitrogen and oxygen atoms in total. The molecular formula is C14H26N6O2S. The van der Waals surface area contributed by atoms with Gasteiger partial charge in [-0.25, -0.2) is 17.8 Å². The van der Waals surface area contributed by atoms with E-state index in [0.717, 1.165) is 50.9 Å². The van der Waals surface area contributed by atoms with E-state index in [-0.39, 0.29) is 17.3 Å². The Morgan fingerprint density at radius 2 is 1.96 bits per heavy atom. The zero-order valence-corrected chi connectivity index (χ0v) is 14.7. The van der Waals surface area contributed by atoms with Crippen molar-refractivity contribution in [2.24, 2.45) is 7.05 Å². The van der Waals surface area contributed by atoms with Gasteiger partial charge in [0.05, 0.1) is 11.3 Å². The Bertz CT molecular complexity index is 625. The fourth-order valence-electron chi connectivity index (χ4n) is 3.70. The third kappa shape index (κ3) is 3.72. The number of aromatic nitrogens is 4. The zero-order valence-electron chi connectivity index (χ0n) is 13.8. The average molecular weight is 342 g/mol. The van der Waals surface area contributed by atoms with Crippen molar-refractivity contribution in [1.29, 1.82) is 0 Å². The Balaban J connectivity index is 1.66. The summed E-state index contributed by atoms with van der Waals surface area (Å²) < 4.78 is 29.9. The van der Waals surface area contributed by atoms with Crippen molar-refractivity contribution < 1.29 is 8.42 Å². The second-order valence-electron chi connectivity index (χ2n) is 6.74. The molecule has 23 heavy (non-hydrogen) atoms. The number of rotatable bonds is 5. The van der Waals surface area contributed by atoms with Crippen LogP contribution in [0.15, 0.2) is 0 Å². The van der Waals surface area contributed by atoms with Crippen LogP contribution in [0.4, 0.5) is 0 Å². The molecule has 0 bridgehead atoms. The van der Waals surface area contributed by atoms with E-state index in [4.69, 9.17) is 0 Å². The number of nitrogens with zero attached hydrogens (tertiary/aromatic N) is 5. The highest BCUT2D eigenvalue weighted by molar-refractivity contribution is 7.90. The number of hydrogen-bond acceptors (Lipinski definition) is 6. The predicted molar refractivity (Wildman–Crippen MR) is 86.1 cm³/mol. The largest absolute Gasteiger partial charge is 0.292 e. The summed E-state index contributed by atoms with van der Waals surface area (Å²) in [4.78, 5) is 2.17. The molecule has 130 valence electrons. The Morgan fingerprint density at radius 1 is 1.22 bits per heavy atom. The van der Waals surface area contributed by atoms with Crippen LogP contribution in [-0.2, 0) is 17.1 Å². The van der Waals surface area contributed by atoms with Gasteiger partial charge in [-0.2, -0.15) is 0 Å². The van der Waals surface area contributed by atoms with E-state index in [1.165, 1.54) is 0 Å². The van der Waals surface area contributed by atoms with Gasteiger partial charge in [-0.15, -0.1) is 5.10 Å². The van der Waals surface area contributed by atoms with E-state index >= 15 is 0 Å². The van der Waals surface area contributed by atoms with Gasteiger partial charge in [0.2, 0.25) is 10.0 Å². The van der Waals surface area contributed by atoms with Crippen LogP contribution in [0.2, 0.25) is 0 Å². The molecule has 0 aromatic carbocycles. The van der Waals surface area contributed by atoms with Gasteiger partial charge in [0.15, 0.2) is 5.82 Å². The van der Waals surface area contributed by atoms with Crippen molar-refractivity contribution in [3.63, 3.8) is 0 Å². The van der Waals surface area contributed by atoms with E-state index in [2.05, 4.69) is 25.1 Å². The number of aryl methyl sites for hydroxylation is 1. The molecule has 1 saturated carbocycles. The molecule has 0 amide bonds. The smallest absolute Gasteiger partial charge is 0.215 e. The van der Waals surface area contributed by atoms with Crippen LogP contribution in [0, 0.1) is 0 Å². The Morgan fingerprint density at radius 3 is 2.61 bits per heavy atom. The first-order valence-electron chi connectivity index (χ1n) is 8.45. The number of sulfonamides is 1. The van der Waals surface area contributed by atoms with Gasteiger partial charge in [-0.3, -0.25) is 4.90 Å². The molecule has 2 heterocycles. The molecule has 9 heteroatoms. The molecule has 1 saturated heterocycles. The summed E-state index contributed by atoms with van der Waals surface area (Å²) in [5, 5.41) is 11.3. The molecule has 1 aromatic rings. The standard InChI is InChI=1S/C14H26N6O2S/c1-11(14-15-17-18-19(14)2)20-9-5-8-13(10-20)23(21,22)16-12-6-3-4-7-12/h11-13,16H,3-10H2,1-2H3/t11-,13+/m1/s1. The lowest BCUT2D eigenvalue weighted by molar-refractivity contribution is 0.167. The molecule has 1 aliphatic carbocycles. The second kappa shape index (κ2) is 6.82. The molecule has 0 spiro atoms. The molecule has 1 aliphatic heterocycles. The minimum atomic E-state index is -3.26. The first-order valence-corrected chi connectivity index (χ1v) is 9.99. The minimum Gasteiger partial charge on any atom is -0.292 e. The van der Waals surface area contributed by atoms with Crippen molar-refractivity contribution >= 4 is 10.0 Å². The highest BCUT2D eigenvalue weighted by atomic mass is 32.2. The van der Waals surface area contributed by atoms with Gasteiger partial charge in [-0.05, 0) is 49.6 Å². The molecule has 0 radical (unpaired) electrons. The van der Waals surface area contributed by atoms with Gasteiger partial charge < -0.3 is 0 Å². The minimum absolute atomic E-state index is 0.0134. The van der Waals surface area contributed by atoms with Gasteiger partial charge in [0.25, 0.3) is 0 Å². The summed E-state index contributed by atoms with van der Waals surface area (Å²) in [6.45, 7) is 3.45. The number of piperidine rings is 1. The summed E-state index contributed by atoms with van der Waals surface area (Å²) in [6.07, 6.45) is 5.79. The maximum Gasteiger partial charge on any atom is 0.215 e. The number of hydrogen-bond donors (Lipinski definition) is 1. The Kier molecular flexibility index (Phi) is 4.98. The molecule has 0 unspecified atom stereocenters. The maximum absolute atomic E-state index is 12.7. The monoisotopic (exact) mass is 342 g/mol. The average Bonchev–Trinajstić information content (AvgIpc) is 3.18. The lowest BCUT2D eigenvalue weighted by atomic mass is 10.1. The van der Waals surface area contributed by atoms with Crippen molar-refractivity contribution in [1.82, 2.24) is 29.8 Å². The predicted octanol–water partition coefficient (Wildman–Crippen LogP) is 0.598. The van der Waals surface area contributed by atoms with E-state index in [1.54, 1.807) is 4.68 Å². The van der Waals surface area contributed by atoms with Crippen molar-refractivity contribution in [3.05, 3.63) is 5.82 Å². The van der Waals surface area contributed by atoms with Crippen molar-refractivity contribution in [2.45, 2.75) is 62.8 Å². The van der Waals surface area contributed by atoms with Crippen molar-refractivity contribution in [2.75, 3.05) is 13.1 Å². The molecule has 2 atom stereocenters. The molecule has 1 aromatic heterocycles. The second-order valence-corrected chi connectivity index (χ2v) is 8.73. The van der Waals surface area contributed by atoms with Crippen LogP contribution in [0.3, 0.4) is 0 Å². The third-order valence-electron chi connectivity index (χ3n) is 5.11. The Labute approximate surface area is 137 Å². The summed E-state index contributed by atoms with van der Waals surface area (Å²) in [5.41, 5.74) is 0. The first kappa shape index (κ1) is 16.8. The summed E-state index contributed by atoms with van der Waals surface area (Å²) >= 11 is 0. The zero-order chi connectivity index (χ0) is 16.4. The van der Waals surface area contributed by atoms with Crippen LogP contribution in [0.5, 0.6) is 0 Å². The molecule has 2 fully saturated rings. The van der Waals surface area contributed by atoms with Crippen molar-refractivity contribution in [3.8, 4) is 0 Å². The molecule has 3 rings (SSSR count). The van der Waals surface area contributed by atoms with Crippen LogP contribution >= 0.6 is 0 Å². The van der Waals surface area contributed by atoms with E-state index in [9.17, 15) is 8.42 Å². The van der Waals surface area contributed by atoms with Crippen LogP contribution in [0.1, 0.15) is 57.3 Å². The van der Waals surface area contributed by atoms with E-state index in [1.807, 2.05) is 14.0 Å². The topological polar surface area (TPSA) is 93.0 Å². The van der Waals surface area contributed by atoms with E-state index < -0.39 is 10.0 Å². The third-order valence-corrected chi connectivity index (χ3v) is 7.03. The SMILES string of the molecule is C[C@H](c1nnnn1C)N1CCC[C@H](S(=O)(=O)NC2CCCC2)C1. The lowest BCUT2D eigenvalue weighted by Gasteiger charge is -2.36. The Hall–Kier alpha value is -1.06. The normalized spacial score (nSPS) is 25.7. The van der Waals surface area contributed by atoms with Gasteiger partial charge in [0, 0.05) is 19.6 Å². The first-order chi connectivity index (χ1) is 11.0. The van der Waals surface area contributed by atoms with Gasteiger partial charge in [0.1, 0.15) is 0 Å². The molecule has 2 aliphatic rings. The summed E-state index contributed by atoms with van der Waals surface area (Å²) in [5.74, 6) is 0.770. The van der Waals surface area contributed by atoms with Crippen LogP contribution in [-0.4, -0.2) is 57.9 Å². The fourth-order valence-corrected chi connectivity index (χ4v) is 5.45. The van der Waals surface area contributed by atoms with Gasteiger partial charge in [-0.1, -0.05) is 12.8 Å². The maximum atomic E-state index is 12.7.